The lowest BCUT2D eigenvalue weighted by Gasteiger charge is -2.44. The fourth-order valence-corrected chi connectivity index (χ4v) is 6.70. The normalized spacial score (nSPS) is 16.7. The van der Waals surface area contributed by atoms with Crippen LogP contribution in [0.2, 0.25) is 5.02 Å². The quantitative estimate of drug-likeness (QED) is 0.254. The number of pyridine rings is 1. The summed E-state index contributed by atoms with van der Waals surface area (Å²) in [4.78, 5) is 41.9. The highest BCUT2D eigenvalue weighted by Gasteiger charge is 2.35. The first kappa shape index (κ1) is 31.0. The van der Waals surface area contributed by atoms with Crippen LogP contribution in [0.4, 0.5) is 11.4 Å². The molecule has 2 N–H and O–H groups in total. The Balaban J connectivity index is 1.33. The Kier molecular flexibility index (Phi) is 8.90. The van der Waals surface area contributed by atoms with Crippen LogP contribution in [-0.2, 0) is 13.1 Å². The number of nitrogens with one attached hydrogen (secondary N) is 2. The molecule has 3 aromatic carbocycles. The molecule has 238 valence electrons. The Bertz CT molecular complexity index is 1830. The van der Waals surface area contributed by atoms with Crippen LogP contribution < -0.4 is 35.3 Å². The number of hydrogen-bond acceptors (Lipinski definition) is 7. The first-order valence-electron chi connectivity index (χ1n) is 15.0. The second kappa shape index (κ2) is 13.2. The SMILES string of the molecule is COc1cc(C(=O)Nc2cc(C(=O)NCc3cccc(Cl)c3)ccc2N2CC3CC(C2)c2cccc(=O)n2C3)cc(OC)c1OC. The van der Waals surface area contributed by atoms with Crippen molar-refractivity contribution in [1.29, 1.82) is 0 Å². The number of amides is 2. The van der Waals surface area contributed by atoms with E-state index >= 15 is 0 Å². The molecular formula is C35H35ClN4O6. The Morgan fingerprint density at radius 1 is 0.848 bits per heavy atom. The number of carbonyl (C=O) groups is 2. The standard InChI is InChI=1S/C35H35ClN4O6/c1-44-30-15-24(16-31(45-2)33(30)46-3)35(43)38-27-14-23(34(42)37-17-21-6-4-7-26(36)13-21)10-11-29(27)39-18-22-12-25(20-39)28-8-5-9-32(41)40(28)19-22/h4-11,13-16,22,25H,12,17-20H2,1-3H3,(H,37,42)(H,38,43). The summed E-state index contributed by atoms with van der Waals surface area (Å²) in [6.07, 6.45) is 0.983. The monoisotopic (exact) mass is 642 g/mol. The summed E-state index contributed by atoms with van der Waals surface area (Å²) in [7, 11) is 4.47. The third kappa shape index (κ3) is 6.25. The molecule has 2 atom stereocenters. The number of rotatable bonds is 9. The van der Waals surface area contributed by atoms with Crippen LogP contribution in [0.5, 0.6) is 17.2 Å². The van der Waals surface area contributed by atoms with E-state index in [-0.39, 0.29) is 23.3 Å². The summed E-state index contributed by atoms with van der Waals surface area (Å²) in [6, 6.07) is 21.2. The number of carbonyl (C=O) groups excluding carboxylic acids is 2. The highest BCUT2D eigenvalue weighted by molar-refractivity contribution is 6.30. The van der Waals surface area contributed by atoms with Crippen LogP contribution in [0.25, 0.3) is 0 Å². The average molecular weight is 643 g/mol. The van der Waals surface area contributed by atoms with Gasteiger partial charge in [-0.15, -0.1) is 0 Å². The number of aromatic nitrogens is 1. The van der Waals surface area contributed by atoms with E-state index in [1.54, 1.807) is 42.5 Å². The van der Waals surface area contributed by atoms with Crippen molar-refractivity contribution >= 4 is 34.8 Å². The van der Waals surface area contributed by atoms with E-state index in [2.05, 4.69) is 15.5 Å². The lowest BCUT2D eigenvalue weighted by Crippen LogP contribution is -2.47. The molecule has 4 aromatic rings. The molecule has 2 amide bonds. The fourth-order valence-electron chi connectivity index (χ4n) is 6.48. The smallest absolute Gasteiger partial charge is 0.255 e. The second-order valence-electron chi connectivity index (χ2n) is 11.5. The average Bonchev–Trinajstić information content (AvgIpc) is 3.06. The molecule has 2 aliphatic heterocycles. The maximum Gasteiger partial charge on any atom is 0.255 e. The highest BCUT2D eigenvalue weighted by atomic mass is 35.5. The molecule has 1 fully saturated rings. The van der Waals surface area contributed by atoms with Gasteiger partial charge in [-0.05, 0) is 66.4 Å². The molecule has 0 aliphatic carbocycles. The van der Waals surface area contributed by atoms with Gasteiger partial charge in [-0.3, -0.25) is 14.4 Å². The van der Waals surface area contributed by atoms with Crippen LogP contribution in [-0.4, -0.2) is 50.8 Å². The number of halogens is 1. The molecule has 1 aromatic heterocycles. The van der Waals surface area contributed by atoms with Crippen LogP contribution in [0, 0.1) is 5.92 Å². The lowest BCUT2D eigenvalue weighted by atomic mass is 9.83. The summed E-state index contributed by atoms with van der Waals surface area (Å²) < 4.78 is 18.2. The Morgan fingerprint density at radius 3 is 2.33 bits per heavy atom. The van der Waals surface area contributed by atoms with Gasteiger partial charge in [0.25, 0.3) is 17.4 Å². The summed E-state index contributed by atoms with van der Waals surface area (Å²) in [6.45, 7) is 2.29. The van der Waals surface area contributed by atoms with Crippen molar-refractivity contribution in [1.82, 2.24) is 9.88 Å². The number of ether oxygens (including phenoxy) is 3. The molecular weight excluding hydrogens is 608 g/mol. The van der Waals surface area contributed by atoms with E-state index in [4.69, 9.17) is 25.8 Å². The molecule has 0 radical (unpaired) electrons. The zero-order valence-corrected chi connectivity index (χ0v) is 26.6. The summed E-state index contributed by atoms with van der Waals surface area (Å²) >= 11 is 6.12. The van der Waals surface area contributed by atoms with Crippen molar-refractivity contribution in [3.8, 4) is 17.2 Å². The van der Waals surface area contributed by atoms with Crippen LogP contribution in [0.3, 0.4) is 0 Å². The Labute approximate surface area is 271 Å². The number of benzene rings is 3. The number of anilines is 2. The van der Waals surface area contributed by atoms with Gasteiger partial charge in [0.2, 0.25) is 5.75 Å². The van der Waals surface area contributed by atoms with Gasteiger partial charge in [0.1, 0.15) is 0 Å². The Morgan fingerprint density at radius 2 is 1.61 bits per heavy atom. The zero-order chi connectivity index (χ0) is 32.4. The third-order valence-electron chi connectivity index (χ3n) is 8.60. The molecule has 11 heteroatoms. The van der Waals surface area contributed by atoms with Crippen molar-refractivity contribution in [3.63, 3.8) is 0 Å². The lowest BCUT2D eigenvalue weighted by molar-refractivity contribution is 0.0949. The summed E-state index contributed by atoms with van der Waals surface area (Å²) in [5.41, 5.74) is 3.86. The van der Waals surface area contributed by atoms with Gasteiger partial charge in [-0.1, -0.05) is 29.8 Å². The summed E-state index contributed by atoms with van der Waals surface area (Å²) in [5.74, 6) is 0.772. The first-order valence-corrected chi connectivity index (χ1v) is 15.4. The van der Waals surface area contributed by atoms with E-state index in [1.807, 2.05) is 34.9 Å². The number of fused-ring (bicyclic) bond motifs is 4. The maximum absolute atomic E-state index is 13.8. The molecule has 46 heavy (non-hydrogen) atoms. The first-order chi connectivity index (χ1) is 22.3. The van der Waals surface area contributed by atoms with Crippen molar-refractivity contribution < 1.29 is 23.8 Å². The van der Waals surface area contributed by atoms with Gasteiger partial charge in [0.15, 0.2) is 11.5 Å². The van der Waals surface area contributed by atoms with Crippen LogP contribution in [0.15, 0.2) is 77.6 Å². The van der Waals surface area contributed by atoms with Crippen LogP contribution in [0.1, 0.15) is 44.3 Å². The van der Waals surface area contributed by atoms with Gasteiger partial charge >= 0.3 is 0 Å². The third-order valence-corrected chi connectivity index (χ3v) is 8.83. The van der Waals surface area contributed by atoms with Crippen molar-refractivity contribution in [2.75, 3.05) is 44.6 Å². The van der Waals surface area contributed by atoms with E-state index in [9.17, 15) is 14.4 Å². The zero-order valence-electron chi connectivity index (χ0n) is 25.8. The number of nitrogens with zero attached hydrogens (tertiary/aromatic N) is 2. The number of hydrogen-bond donors (Lipinski definition) is 2. The molecule has 1 saturated heterocycles. The second-order valence-corrected chi connectivity index (χ2v) is 12.0. The predicted molar refractivity (Wildman–Crippen MR) is 177 cm³/mol. The minimum absolute atomic E-state index is 0.0205. The van der Waals surface area contributed by atoms with Gasteiger partial charge in [0.05, 0.1) is 32.7 Å². The molecule has 2 bridgehead atoms. The highest BCUT2D eigenvalue weighted by Crippen LogP contribution is 2.41. The Hall–Kier alpha value is -4.96. The van der Waals surface area contributed by atoms with Gasteiger partial charge in [-0.2, -0.15) is 0 Å². The molecule has 10 nitrogen and oxygen atoms in total. The van der Waals surface area contributed by atoms with Gasteiger partial charge < -0.3 is 34.3 Å². The van der Waals surface area contributed by atoms with Crippen molar-refractivity contribution in [2.24, 2.45) is 5.92 Å². The minimum atomic E-state index is -0.411. The van der Waals surface area contributed by atoms with Crippen molar-refractivity contribution in [3.05, 3.63) is 111 Å². The minimum Gasteiger partial charge on any atom is -0.493 e. The molecule has 2 aliphatic rings. The van der Waals surface area contributed by atoms with E-state index in [1.165, 1.54) is 21.3 Å². The van der Waals surface area contributed by atoms with E-state index in [0.29, 0.717) is 65.3 Å². The van der Waals surface area contributed by atoms with Gasteiger partial charge in [-0.25, -0.2) is 0 Å². The number of methoxy groups -OCH3 is 3. The molecule has 3 heterocycles. The molecule has 0 saturated carbocycles. The largest absolute Gasteiger partial charge is 0.493 e. The summed E-state index contributed by atoms with van der Waals surface area (Å²) in [5, 5.41) is 6.58. The molecule has 6 rings (SSSR count). The van der Waals surface area contributed by atoms with E-state index < -0.39 is 5.91 Å². The fraction of sp³-hybridized carbons (Fsp3) is 0.286. The van der Waals surface area contributed by atoms with Crippen LogP contribution >= 0.6 is 11.6 Å². The number of piperidine rings is 1. The van der Waals surface area contributed by atoms with Crippen molar-refractivity contribution in [2.45, 2.75) is 25.4 Å². The molecule has 2 unspecified atom stereocenters. The topological polar surface area (TPSA) is 111 Å². The van der Waals surface area contributed by atoms with Gasteiger partial charge in [0, 0.05) is 60.0 Å². The predicted octanol–water partition coefficient (Wildman–Crippen LogP) is 5.33. The maximum atomic E-state index is 13.8. The van der Waals surface area contributed by atoms with E-state index in [0.717, 1.165) is 23.4 Å². The molecule has 0 spiro atoms.